The summed E-state index contributed by atoms with van der Waals surface area (Å²) in [6.07, 6.45) is -4.66. The highest BCUT2D eigenvalue weighted by Gasteiger charge is 2.32. The first-order chi connectivity index (χ1) is 7.79. The Morgan fingerprint density at radius 1 is 1.12 bits per heavy atom. The molecule has 1 N–H and O–H groups in total. The van der Waals surface area contributed by atoms with Crippen LogP contribution in [0.15, 0.2) is 24.3 Å². The summed E-state index contributed by atoms with van der Waals surface area (Å²) in [6.45, 7) is 5.67. The van der Waals surface area contributed by atoms with E-state index in [0.717, 1.165) is 0 Å². The molecule has 0 unspecified atom stereocenters. The van der Waals surface area contributed by atoms with Crippen LogP contribution in [0.25, 0.3) is 0 Å². The van der Waals surface area contributed by atoms with Gasteiger partial charge in [0.05, 0.1) is 0 Å². The topological polar surface area (TPSA) is 21.3 Å². The first-order valence-corrected chi connectivity index (χ1v) is 5.40. The SMILES string of the molecule is CC(C)N[C@H](C)c1ccccc1OC(F)(F)F. The molecule has 96 valence electrons. The molecule has 0 saturated heterocycles. The molecule has 5 heteroatoms. The number of para-hydroxylation sites is 1. The molecule has 1 rings (SSSR count). The summed E-state index contributed by atoms with van der Waals surface area (Å²) in [5, 5.41) is 3.14. The van der Waals surface area contributed by atoms with Crippen molar-refractivity contribution in [2.45, 2.75) is 39.2 Å². The van der Waals surface area contributed by atoms with Gasteiger partial charge < -0.3 is 10.1 Å². The highest BCUT2D eigenvalue weighted by atomic mass is 19.4. The molecule has 17 heavy (non-hydrogen) atoms. The highest BCUT2D eigenvalue weighted by Crippen LogP contribution is 2.30. The first-order valence-electron chi connectivity index (χ1n) is 5.40. The van der Waals surface area contributed by atoms with Crippen LogP contribution in [0.2, 0.25) is 0 Å². The Balaban J connectivity index is 2.91. The number of benzene rings is 1. The zero-order valence-corrected chi connectivity index (χ0v) is 10.0. The van der Waals surface area contributed by atoms with Gasteiger partial charge in [-0.25, -0.2) is 0 Å². The fourth-order valence-electron chi connectivity index (χ4n) is 1.65. The molecule has 2 nitrogen and oxygen atoms in total. The van der Waals surface area contributed by atoms with Crippen LogP contribution >= 0.6 is 0 Å². The number of ether oxygens (including phenoxy) is 1. The van der Waals surface area contributed by atoms with Gasteiger partial charge in [-0.2, -0.15) is 0 Å². The molecule has 0 radical (unpaired) electrons. The van der Waals surface area contributed by atoms with Crippen molar-refractivity contribution in [2.24, 2.45) is 0 Å². The van der Waals surface area contributed by atoms with Crippen molar-refractivity contribution < 1.29 is 17.9 Å². The number of hydrogen-bond donors (Lipinski definition) is 1. The molecule has 1 atom stereocenters. The van der Waals surface area contributed by atoms with Gasteiger partial charge in [0.2, 0.25) is 0 Å². The molecular weight excluding hydrogens is 231 g/mol. The molecule has 0 spiro atoms. The lowest BCUT2D eigenvalue weighted by Gasteiger charge is -2.20. The fourth-order valence-corrected chi connectivity index (χ4v) is 1.65. The third-order valence-corrected chi connectivity index (χ3v) is 2.19. The molecule has 1 aromatic carbocycles. The minimum absolute atomic E-state index is 0.152. The summed E-state index contributed by atoms with van der Waals surface area (Å²) in [5.74, 6) is -0.152. The normalized spacial score (nSPS) is 13.8. The summed E-state index contributed by atoms with van der Waals surface area (Å²) in [6, 6.07) is 6.14. The van der Waals surface area contributed by atoms with E-state index in [1.807, 2.05) is 13.8 Å². The van der Waals surface area contributed by atoms with Crippen molar-refractivity contribution in [1.29, 1.82) is 0 Å². The van der Waals surface area contributed by atoms with Crippen LogP contribution in [-0.4, -0.2) is 12.4 Å². The Hall–Kier alpha value is -1.23. The molecule has 0 bridgehead atoms. The second-order valence-corrected chi connectivity index (χ2v) is 4.13. The molecular formula is C12H16F3NO. The average molecular weight is 247 g/mol. The molecule has 1 aromatic rings. The number of rotatable bonds is 4. The minimum atomic E-state index is -4.66. The van der Waals surface area contributed by atoms with Crippen molar-refractivity contribution in [1.82, 2.24) is 5.32 Å². The number of alkyl halides is 3. The van der Waals surface area contributed by atoms with E-state index in [-0.39, 0.29) is 17.8 Å². The maximum absolute atomic E-state index is 12.2. The smallest absolute Gasteiger partial charge is 0.405 e. The van der Waals surface area contributed by atoms with Crippen LogP contribution in [0.4, 0.5) is 13.2 Å². The van der Waals surface area contributed by atoms with E-state index in [1.54, 1.807) is 19.1 Å². The Morgan fingerprint density at radius 2 is 1.71 bits per heavy atom. The van der Waals surface area contributed by atoms with E-state index >= 15 is 0 Å². The van der Waals surface area contributed by atoms with E-state index < -0.39 is 6.36 Å². The molecule has 0 amide bonds. The molecule has 0 aliphatic carbocycles. The number of halogens is 3. The first kappa shape index (κ1) is 13.8. The monoisotopic (exact) mass is 247 g/mol. The molecule has 0 aromatic heterocycles. The van der Waals surface area contributed by atoms with E-state index in [4.69, 9.17) is 0 Å². The van der Waals surface area contributed by atoms with Crippen molar-refractivity contribution in [3.8, 4) is 5.75 Å². The lowest BCUT2D eigenvalue weighted by molar-refractivity contribution is -0.275. The maximum atomic E-state index is 12.2. The number of nitrogens with one attached hydrogen (secondary N) is 1. The van der Waals surface area contributed by atoms with Crippen molar-refractivity contribution in [3.05, 3.63) is 29.8 Å². The van der Waals surface area contributed by atoms with E-state index in [9.17, 15) is 13.2 Å². The van der Waals surface area contributed by atoms with Crippen LogP contribution in [0.5, 0.6) is 5.75 Å². The van der Waals surface area contributed by atoms with Gasteiger partial charge in [-0.15, -0.1) is 13.2 Å². The van der Waals surface area contributed by atoms with E-state index in [1.165, 1.54) is 12.1 Å². The fraction of sp³-hybridized carbons (Fsp3) is 0.500. The zero-order chi connectivity index (χ0) is 13.1. The van der Waals surface area contributed by atoms with Crippen molar-refractivity contribution in [2.75, 3.05) is 0 Å². The molecule has 0 heterocycles. The number of hydrogen-bond acceptors (Lipinski definition) is 2. The molecule has 0 aliphatic rings. The predicted octanol–water partition coefficient (Wildman–Crippen LogP) is 3.64. The van der Waals surface area contributed by atoms with Gasteiger partial charge in [0.15, 0.2) is 0 Å². The quantitative estimate of drug-likeness (QED) is 0.877. The maximum Gasteiger partial charge on any atom is 0.573 e. The van der Waals surface area contributed by atoms with Crippen LogP contribution in [0.1, 0.15) is 32.4 Å². The Labute approximate surface area is 98.8 Å². The Morgan fingerprint density at radius 3 is 2.24 bits per heavy atom. The van der Waals surface area contributed by atoms with Crippen LogP contribution in [0.3, 0.4) is 0 Å². The summed E-state index contributed by atoms with van der Waals surface area (Å²) >= 11 is 0. The summed E-state index contributed by atoms with van der Waals surface area (Å²) in [4.78, 5) is 0. The zero-order valence-electron chi connectivity index (χ0n) is 10.0. The van der Waals surface area contributed by atoms with Crippen molar-refractivity contribution in [3.63, 3.8) is 0 Å². The van der Waals surface area contributed by atoms with Gasteiger partial charge in [0.25, 0.3) is 0 Å². The summed E-state index contributed by atoms with van der Waals surface area (Å²) in [5.41, 5.74) is 0.499. The van der Waals surface area contributed by atoms with Gasteiger partial charge in [-0.05, 0) is 13.0 Å². The average Bonchev–Trinajstić information content (AvgIpc) is 2.14. The van der Waals surface area contributed by atoms with Crippen LogP contribution in [-0.2, 0) is 0 Å². The van der Waals surface area contributed by atoms with Gasteiger partial charge in [-0.3, -0.25) is 0 Å². The van der Waals surface area contributed by atoms with E-state index in [0.29, 0.717) is 5.56 Å². The highest BCUT2D eigenvalue weighted by molar-refractivity contribution is 5.35. The third kappa shape index (κ3) is 4.65. The largest absolute Gasteiger partial charge is 0.573 e. The minimum Gasteiger partial charge on any atom is -0.405 e. The van der Waals surface area contributed by atoms with Crippen LogP contribution in [0, 0.1) is 0 Å². The molecule has 0 fully saturated rings. The van der Waals surface area contributed by atoms with Crippen molar-refractivity contribution >= 4 is 0 Å². The standard InChI is InChI=1S/C12H16F3NO/c1-8(2)16-9(3)10-6-4-5-7-11(10)17-12(13,14)15/h4-9,16H,1-3H3/t9-/m1/s1. The second-order valence-electron chi connectivity index (χ2n) is 4.13. The van der Waals surface area contributed by atoms with E-state index in [2.05, 4.69) is 10.1 Å². The van der Waals surface area contributed by atoms with Gasteiger partial charge >= 0.3 is 6.36 Å². The van der Waals surface area contributed by atoms with Gasteiger partial charge in [-0.1, -0.05) is 32.0 Å². The molecule has 0 aliphatic heterocycles. The van der Waals surface area contributed by atoms with Gasteiger partial charge in [0.1, 0.15) is 5.75 Å². The lowest BCUT2D eigenvalue weighted by atomic mass is 10.1. The summed E-state index contributed by atoms with van der Waals surface area (Å²) in [7, 11) is 0. The second kappa shape index (κ2) is 5.40. The van der Waals surface area contributed by atoms with Crippen LogP contribution < -0.4 is 10.1 Å². The Kier molecular flexibility index (Phi) is 4.40. The summed E-state index contributed by atoms with van der Waals surface area (Å²) < 4.78 is 40.6. The Bertz CT molecular complexity index is 363. The lowest BCUT2D eigenvalue weighted by Crippen LogP contribution is -2.27. The predicted molar refractivity (Wildman–Crippen MR) is 59.8 cm³/mol. The third-order valence-electron chi connectivity index (χ3n) is 2.19. The molecule has 0 saturated carbocycles. The van der Waals surface area contributed by atoms with Gasteiger partial charge in [0, 0.05) is 17.6 Å².